The van der Waals surface area contributed by atoms with E-state index in [9.17, 15) is 5.11 Å². The molecule has 1 atom stereocenters. The minimum absolute atomic E-state index is 0.112. The number of halogens is 1. The van der Waals surface area contributed by atoms with E-state index in [4.69, 9.17) is 16.3 Å². The summed E-state index contributed by atoms with van der Waals surface area (Å²) < 4.78 is 5.27. The molecule has 1 aliphatic rings. The van der Waals surface area contributed by atoms with Crippen LogP contribution in [0.1, 0.15) is 20.3 Å². The summed E-state index contributed by atoms with van der Waals surface area (Å²) in [6, 6.07) is 4.10. The number of aliphatic hydroxyl groups is 1. The molecular weight excluding hydrogens is 340 g/mol. The van der Waals surface area contributed by atoms with Gasteiger partial charge in [0.05, 0.1) is 17.6 Å². The average molecular weight is 365 g/mol. The highest BCUT2D eigenvalue weighted by molar-refractivity contribution is 6.33. The molecule has 1 aliphatic heterocycles. The zero-order chi connectivity index (χ0) is 18.0. The van der Waals surface area contributed by atoms with Crippen molar-refractivity contribution >= 4 is 28.3 Å². The lowest BCUT2D eigenvalue weighted by Gasteiger charge is -2.25. The van der Waals surface area contributed by atoms with Crippen LogP contribution in [0.5, 0.6) is 5.75 Å². The second-order valence-electron chi connectivity index (χ2n) is 7.34. The molecule has 0 spiro atoms. The first kappa shape index (κ1) is 18.2. The number of nitrogens with one attached hydrogen (secondary N) is 1. The maximum atomic E-state index is 9.39. The summed E-state index contributed by atoms with van der Waals surface area (Å²) in [5.41, 5.74) is 0.711. The van der Waals surface area contributed by atoms with E-state index in [0.29, 0.717) is 16.8 Å². The summed E-state index contributed by atoms with van der Waals surface area (Å²) in [6.45, 7) is 6.87. The Bertz CT molecular complexity index is 753. The van der Waals surface area contributed by atoms with Crippen LogP contribution in [-0.2, 0) is 0 Å². The van der Waals surface area contributed by atoms with Gasteiger partial charge in [0, 0.05) is 49.2 Å². The number of ether oxygens (including phenoxy) is 1. The summed E-state index contributed by atoms with van der Waals surface area (Å²) in [7, 11) is 1.60. The topological polar surface area (TPSA) is 70.5 Å². The van der Waals surface area contributed by atoms with Crippen LogP contribution in [0, 0.1) is 5.41 Å². The Morgan fingerprint density at radius 1 is 1.40 bits per heavy atom. The van der Waals surface area contributed by atoms with Crippen molar-refractivity contribution in [3.05, 3.63) is 23.5 Å². The average Bonchev–Trinajstić information content (AvgIpc) is 3.08. The number of methoxy groups -OCH3 is 1. The Kier molecular flexibility index (Phi) is 5.32. The lowest BCUT2D eigenvalue weighted by Crippen LogP contribution is -2.40. The van der Waals surface area contributed by atoms with Crippen molar-refractivity contribution in [1.29, 1.82) is 0 Å². The number of anilines is 1. The fraction of sp³-hybridized carbons (Fsp3) is 0.556. The van der Waals surface area contributed by atoms with Crippen LogP contribution in [0.15, 0.2) is 18.5 Å². The molecule has 0 bridgehead atoms. The van der Waals surface area contributed by atoms with Gasteiger partial charge in [0.25, 0.3) is 0 Å². The zero-order valence-corrected chi connectivity index (χ0v) is 15.7. The summed E-state index contributed by atoms with van der Waals surface area (Å²) >= 11 is 6.29. The molecule has 2 heterocycles. The van der Waals surface area contributed by atoms with Crippen LogP contribution in [0.3, 0.4) is 0 Å². The Hall–Kier alpha value is -1.63. The van der Waals surface area contributed by atoms with Gasteiger partial charge in [-0.25, -0.2) is 9.97 Å². The van der Waals surface area contributed by atoms with Crippen molar-refractivity contribution in [3.8, 4) is 5.75 Å². The summed E-state index contributed by atoms with van der Waals surface area (Å²) in [5, 5.41) is 14.4. The molecule has 2 aromatic rings. The van der Waals surface area contributed by atoms with E-state index in [1.165, 1.54) is 0 Å². The normalized spacial score (nSPS) is 18.1. The SMILES string of the molecule is COc1cc2ncnc(N3CCC(NCC(C)(C)CO)C3)c2cc1Cl. The Balaban J connectivity index is 1.78. The number of benzene rings is 1. The van der Waals surface area contributed by atoms with Gasteiger partial charge in [-0.15, -0.1) is 0 Å². The Labute approximate surface area is 153 Å². The highest BCUT2D eigenvalue weighted by atomic mass is 35.5. The van der Waals surface area contributed by atoms with E-state index in [0.717, 1.165) is 42.8 Å². The smallest absolute Gasteiger partial charge is 0.139 e. The second-order valence-corrected chi connectivity index (χ2v) is 7.74. The van der Waals surface area contributed by atoms with Gasteiger partial charge in [-0.2, -0.15) is 0 Å². The molecule has 0 amide bonds. The first-order valence-electron chi connectivity index (χ1n) is 8.51. The van der Waals surface area contributed by atoms with Crippen molar-refractivity contribution in [2.75, 3.05) is 38.3 Å². The van der Waals surface area contributed by atoms with E-state index in [1.54, 1.807) is 13.4 Å². The third-order valence-electron chi connectivity index (χ3n) is 4.67. The van der Waals surface area contributed by atoms with Gasteiger partial charge in [0.1, 0.15) is 17.9 Å². The summed E-state index contributed by atoms with van der Waals surface area (Å²) in [6.07, 6.45) is 2.62. The number of aromatic nitrogens is 2. The number of rotatable bonds is 6. The molecule has 1 unspecified atom stereocenters. The van der Waals surface area contributed by atoms with Crippen molar-refractivity contribution in [1.82, 2.24) is 15.3 Å². The molecule has 25 heavy (non-hydrogen) atoms. The minimum atomic E-state index is -0.112. The number of aliphatic hydroxyl groups excluding tert-OH is 1. The molecule has 7 heteroatoms. The predicted molar refractivity (Wildman–Crippen MR) is 101 cm³/mol. The van der Waals surface area contributed by atoms with E-state index < -0.39 is 0 Å². The first-order valence-corrected chi connectivity index (χ1v) is 8.89. The molecule has 1 saturated heterocycles. The van der Waals surface area contributed by atoms with Gasteiger partial charge in [-0.3, -0.25) is 0 Å². The van der Waals surface area contributed by atoms with Gasteiger partial charge in [-0.05, 0) is 12.5 Å². The van der Waals surface area contributed by atoms with Crippen molar-refractivity contribution in [3.63, 3.8) is 0 Å². The predicted octanol–water partition coefficient (Wildman–Crippen LogP) is 2.48. The molecule has 2 N–H and O–H groups in total. The number of nitrogens with zero attached hydrogens (tertiary/aromatic N) is 3. The zero-order valence-electron chi connectivity index (χ0n) is 14.9. The van der Waals surface area contributed by atoms with Crippen LogP contribution in [0.2, 0.25) is 5.02 Å². The monoisotopic (exact) mass is 364 g/mol. The number of hydrogen-bond donors (Lipinski definition) is 2. The lowest BCUT2D eigenvalue weighted by atomic mass is 9.94. The quantitative estimate of drug-likeness (QED) is 0.820. The summed E-state index contributed by atoms with van der Waals surface area (Å²) in [4.78, 5) is 11.1. The molecule has 1 fully saturated rings. The molecule has 0 saturated carbocycles. The minimum Gasteiger partial charge on any atom is -0.495 e. The van der Waals surface area contributed by atoms with Gasteiger partial charge in [0.2, 0.25) is 0 Å². The van der Waals surface area contributed by atoms with Crippen LogP contribution >= 0.6 is 11.6 Å². The lowest BCUT2D eigenvalue weighted by molar-refractivity contribution is 0.154. The Morgan fingerprint density at radius 2 is 2.20 bits per heavy atom. The maximum absolute atomic E-state index is 9.39. The third kappa shape index (κ3) is 3.97. The molecule has 0 aliphatic carbocycles. The molecule has 1 aromatic carbocycles. The van der Waals surface area contributed by atoms with Crippen molar-refractivity contribution in [2.24, 2.45) is 5.41 Å². The van der Waals surface area contributed by atoms with Gasteiger partial charge >= 0.3 is 0 Å². The van der Waals surface area contributed by atoms with Crippen LogP contribution < -0.4 is 15.0 Å². The van der Waals surface area contributed by atoms with Crippen LogP contribution in [-0.4, -0.2) is 54.5 Å². The molecule has 1 aromatic heterocycles. The van der Waals surface area contributed by atoms with Crippen molar-refractivity contribution in [2.45, 2.75) is 26.3 Å². The van der Waals surface area contributed by atoms with E-state index >= 15 is 0 Å². The van der Waals surface area contributed by atoms with Crippen LogP contribution in [0.25, 0.3) is 10.9 Å². The van der Waals surface area contributed by atoms with Gasteiger partial charge < -0.3 is 20.1 Å². The molecular formula is C18H25ClN4O2. The van der Waals surface area contributed by atoms with E-state index in [2.05, 4.69) is 34.0 Å². The highest BCUT2D eigenvalue weighted by Crippen LogP contribution is 2.33. The Morgan fingerprint density at radius 3 is 2.92 bits per heavy atom. The molecule has 0 radical (unpaired) electrons. The standard InChI is InChI=1S/C18H25ClN4O2/c1-18(2,10-24)9-20-12-4-5-23(8-12)17-13-6-14(19)16(25-3)7-15(13)21-11-22-17/h6-7,11-12,20,24H,4-5,8-10H2,1-3H3. The van der Waals surface area contributed by atoms with E-state index in [1.807, 2.05) is 12.1 Å². The fourth-order valence-corrected chi connectivity index (χ4v) is 3.29. The molecule has 6 nitrogen and oxygen atoms in total. The highest BCUT2D eigenvalue weighted by Gasteiger charge is 2.27. The van der Waals surface area contributed by atoms with Crippen molar-refractivity contribution < 1.29 is 9.84 Å². The fourth-order valence-electron chi connectivity index (χ4n) is 3.05. The second kappa shape index (κ2) is 7.32. The molecule has 3 rings (SSSR count). The first-order chi connectivity index (χ1) is 11.9. The third-order valence-corrected chi connectivity index (χ3v) is 4.97. The van der Waals surface area contributed by atoms with Crippen LogP contribution in [0.4, 0.5) is 5.82 Å². The largest absolute Gasteiger partial charge is 0.495 e. The maximum Gasteiger partial charge on any atom is 0.139 e. The molecule has 136 valence electrons. The van der Waals surface area contributed by atoms with Gasteiger partial charge in [-0.1, -0.05) is 25.4 Å². The van der Waals surface area contributed by atoms with E-state index in [-0.39, 0.29) is 12.0 Å². The number of hydrogen-bond acceptors (Lipinski definition) is 6. The summed E-state index contributed by atoms with van der Waals surface area (Å²) in [5.74, 6) is 1.52. The number of fused-ring (bicyclic) bond motifs is 1. The van der Waals surface area contributed by atoms with Gasteiger partial charge in [0.15, 0.2) is 0 Å².